The van der Waals surface area contributed by atoms with E-state index in [0.717, 1.165) is 19.3 Å². The summed E-state index contributed by atoms with van der Waals surface area (Å²) in [6.45, 7) is 12.0. The van der Waals surface area contributed by atoms with E-state index in [-0.39, 0.29) is 41.3 Å². The van der Waals surface area contributed by atoms with Gasteiger partial charge < -0.3 is 14.9 Å². The molecule has 7 heteroatoms. The summed E-state index contributed by atoms with van der Waals surface area (Å²) in [6.07, 6.45) is 3.96. The Hall–Kier alpha value is -1.70. The van der Waals surface area contributed by atoms with Crippen LogP contribution >= 0.6 is 11.8 Å². The van der Waals surface area contributed by atoms with Crippen molar-refractivity contribution < 1.29 is 28.9 Å². The quantitative estimate of drug-likeness (QED) is 0.301. The average molecular weight is 519 g/mol. The second kappa shape index (κ2) is 9.88. The fourth-order valence-electron chi connectivity index (χ4n) is 7.64. The number of aliphatic hydroxyl groups is 2. The van der Waals surface area contributed by atoms with Crippen molar-refractivity contribution >= 4 is 23.5 Å². The highest BCUT2D eigenvalue weighted by molar-refractivity contribution is 8.00. The van der Waals surface area contributed by atoms with Crippen LogP contribution in [0.25, 0.3) is 0 Å². The van der Waals surface area contributed by atoms with Gasteiger partial charge in [-0.25, -0.2) is 4.39 Å². The van der Waals surface area contributed by atoms with Gasteiger partial charge in [0.05, 0.1) is 18.5 Å². The fourth-order valence-corrected chi connectivity index (χ4v) is 8.46. The van der Waals surface area contributed by atoms with Gasteiger partial charge in [0.15, 0.2) is 0 Å². The van der Waals surface area contributed by atoms with Gasteiger partial charge in [0.1, 0.15) is 17.7 Å². The highest BCUT2D eigenvalue weighted by atomic mass is 32.2. The average Bonchev–Trinajstić information content (AvgIpc) is 3.21. The molecule has 0 heterocycles. The van der Waals surface area contributed by atoms with Gasteiger partial charge in [0.2, 0.25) is 0 Å². The summed E-state index contributed by atoms with van der Waals surface area (Å²) < 4.78 is 19.8. The van der Waals surface area contributed by atoms with E-state index < -0.39 is 34.8 Å². The molecule has 0 saturated heterocycles. The largest absolute Gasteiger partial charge is 0.461 e. The second-order valence-electron chi connectivity index (χ2n) is 11.8. The normalized spacial score (nSPS) is 40.2. The number of carbonyl (C=O) groups is 2. The Morgan fingerprint density at radius 3 is 2.69 bits per heavy atom. The van der Waals surface area contributed by atoms with Crippen LogP contribution in [0.5, 0.6) is 0 Å². The van der Waals surface area contributed by atoms with Crippen molar-refractivity contribution in [3.05, 3.63) is 42.2 Å². The number of ether oxygens (including phenoxy) is 1. The molecule has 0 aliphatic heterocycles. The molecule has 0 aromatic heterocycles. The highest BCUT2D eigenvalue weighted by Crippen LogP contribution is 2.68. The molecule has 1 aromatic rings. The van der Waals surface area contributed by atoms with Gasteiger partial charge >= 0.3 is 5.97 Å². The lowest BCUT2D eigenvalue weighted by Crippen LogP contribution is -2.63. The van der Waals surface area contributed by atoms with Crippen LogP contribution in [0.4, 0.5) is 4.39 Å². The van der Waals surface area contributed by atoms with E-state index in [1.165, 1.54) is 23.9 Å². The van der Waals surface area contributed by atoms with Crippen LogP contribution in [0, 0.1) is 39.8 Å². The van der Waals surface area contributed by atoms with Gasteiger partial charge in [0, 0.05) is 28.1 Å². The predicted molar refractivity (Wildman–Crippen MR) is 138 cm³/mol. The van der Waals surface area contributed by atoms with Crippen LogP contribution in [-0.2, 0) is 20.9 Å². The number of Topliss-reactive ketones (excluding diaryl/α,β-unsaturated/α-hetero) is 1. The van der Waals surface area contributed by atoms with Crippen LogP contribution in [0.1, 0.15) is 65.4 Å². The minimum Gasteiger partial charge on any atom is -0.461 e. The summed E-state index contributed by atoms with van der Waals surface area (Å²) in [5.74, 6) is -0.837. The Morgan fingerprint density at radius 1 is 1.31 bits per heavy atom. The lowest BCUT2D eigenvalue weighted by Gasteiger charge is -2.61. The molecule has 3 unspecified atom stereocenters. The molecule has 8 atom stereocenters. The third-order valence-electron chi connectivity index (χ3n) is 10.1. The topological polar surface area (TPSA) is 83.8 Å². The predicted octanol–water partition coefficient (Wildman–Crippen LogP) is 5.32. The molecule has 2 bridgehead atoms. The summed E-state index contributed by atoms with van der Waals surface area (Å²) in [7, 11) is 0. The van der Waals surface area contributed by atoms with E-state index in [4.69, 9.17) is 4.74 Å². The number of benzene rings is 1. The molecule has 3 aliphatic carbocycles. The number of rotatable bonds is 6. The number of hydrogen-bond acceptors (Lipinski definition) is 6. The van der Waals surface area contributed by atoms with Crippen molar-refractivity contribution in [3.63, 3.8) is 0 Å². The number of hydrogen-bond donors (Lipinski definition) is 2. The fraction of sp³-hybridized carbons (Fsp3) is 0.655. The molecule has 3 aliphatic rings. The number of carbonyl (C=O) groups excluding carboxylic acids is 2. The van der Waals surface area contributed by atoms with Gasteiger partial charge in [-0.3, -0.25) is 9.59 Å². The van der Waals surface area contributed by atoms with Gasteiger partial charge in [-0.05, 0) is 66.7 Å². The van der Waals surface area contributed by atoms with Crippen LogP contribution in [0.3, 0.4) is 0 Å². The number of esters is 1. The van der Waals surface area contributed by atoms with Crippen LogP contribution in [0.2, 0.25) is 0 Å². The third-order valence-corrected chi connectivity index (χ3v) is 11.2. The van der Waals surface area contributed by atoms with E-state index in [0.29, 0.717) is 23.3 Å². The number of thioether (sulfide) groups is 1. The van der Waals surface area contributed by atoms with Crippen LogP contribution < -0.4 is 0 Å². The molecule has 36 heavy (non-hydrogen) atoms. The van der Waals surface area contributed by atoms with E-state index in [9.17, 15) is 24.2 Å². The first kappa shape index (κ1) is 27.3. The molecule has 2 N–H and O–H groups in total. The molecule has 4 rings (SSSR count). The van der Waals surface area contributed by atoms with Crippen molar-refractivity contribution in [2.24, 2.45) is 34.0 Å². The first-order valence-corrected chi connectivity index (χ1v) is 14.0. The summed E-state index contributed by atoms with van der Waals surface area (Å²) in [4.78, 5) is 27.3. The maximum Gasteiger partial charge on any atom is 0.316 e. The monoisotopic (exact) mass is 518 g/mol. The first-order valence-electron chi connectivity index (χ1n) is 13.0. The highest BCUT2D eigenvalue weighted by Gasteiger charge is 2.68. The smallest absolute Gasteiger partial charge is 0.316 e. The van der Waals surface area contributed by atoms with Crippen molar-refractivity contribution in [3.8, 4) is 0 Å². The standard InChI is InChI=1S/C29H39FO5S/c1-6-27(4)14-23(35-24(33)16-36-22-8-7-20(30)13-19(22)15-31)28(5)17(2)9-11-29(18(3)26(27)34)12-10-21(32)25(28)29/h6-8,13,17-18,23,25-26,31,34H,1,9-12,14-16H2,2-5H3/t17?,18-,23+,25?,26-,27+,28-,29?/m0/s1. The van der Waals surface area contributed by atoms with Crippen LogP contribution in [-0.4, -0.2) is 39.9 Å². The zero-order valence-electron chi connectivity index (χ0n) is 21.8. The second-order valence-corrected chi connectivity index (χ2v) is 12.8. The lowest BCUT2D eigenvalue weighted by atomic mass is 9.44. The summed E-state index contributed by atoms with van der Waals surface area (Å²) in [6, 6.07) is 4.11. The van der Waals surface area contributed by atoms with Crippen LogP contribution in [0.15, 0.2) is 35.7 Å². The summed E-state index contributed by atoms with van der Waals surface area (Å²) >= 11 is 1.20. The van der Waals surface area contributed by atoms with Crippen molar-refractivity contribution in [2.45, 2.75) is 83.5 Å². The molecule has 1 aromatic carbocycles. The van der Waals surface area contributed by atoms with E-state index in [1.54, 1.807) is 12.1 Å². The van der Waals surface area contributed by atoms with E-state index in [2.05, 4.69) is 27.4 Å². The molecule has 198 valence electrons. The number of aliphatic hydroxyl groups excluding tert-OH is 2. The zero-order valence-corrected chi connectivity index (χ0v) is 22.6. The van der Waals surface area contributed by atoms with Gasteiger partial charge in [-0.2, -0.15) is 0 Å². The van der Waals surface area contributed by atoms with Crippen molar-refractivity contribution in [1.29, 1.82) is 0 Å². The summed E-state index contributed by atoms with van der Waals surface area (Å²) in [5, 5.41) is 21.2. The van der Waals surface area contributed by atoms with Crippen molar-refractivity contribution in [2.75, 3.05) is 5.75 Å². The molecule has 3 saturated carbocycles. The summed E-state index contributed by atoms with van der Waals surface area (Å²) in [5.41, 5.74) is -1.13. The Bertz CT molecular complexity index is 1040. The van der Waals surface area contributed by atoms with E-state index in [1.807, 2.05) is 6.92 Å². The van der Waals surface area contributed by atoms with Gasteiger partial charge in [-0.1, -0.05) is 33.8 Å². The molecular weight excluding hydrogens is 479 g/mol. The third kappa shape index (κ3) is 4.25. The molecular formula is C29H39FO5S. The number of ketones is 1. The minimum absolute atomic E-state index is 0.00684. The molecule has 0 amide bonds. The van der Waals surface area contributed by atoms with Gasteiger partial charge in [0.25, 0.3) is 0 Å². The Balaban J connectivity index is 1.67. The van der Waals surface area contributed by atoms with E-state index >= 15 is 0 Å². The number of halogens is 1. The Kier molecular flexibility index (Phi) is 7.50. The lowest BCUT2D eigenvalue weighted by molar-refractivity contribution is -0.205. The van der Waals surface area contributed by atoms with Gasteiger partial charge in [-0.15, -0.1) is 18.3 Å². The first-order chi connectivity index (χ1) is 16.9. The molecule has 5 nitrogen and oxygen atoms in total. The zero-order chi connectivity index (χ0) is 26.5. The molecule has 3 fully saturated rings. The SMILES string of the molecule is C=C[C@]1(C)C[C@@H](OC(=O)CSc2ccc(F)cc2CO)[C@]2(C)C(C)CCC3(CCC(=O)C32)[C@@H](C)[C@@H]1O. The molecule has 0 radical (unpaired) electrons. The Morgan fingerprint density at radius 2 is 2.03 bits per heavy atom. The Labute approximate surface area is 217 Å². The maximum absolute atomic E-state index is 13.5. The molecule has 0 spiro atoms. The van der Waals surface area contributed by atoms with Crippen molar-refractivity contribution in [1.82, 2.24) is 0 Å². The maximum atomic E-state index is 13.5. The minimum atomic E-state index is -0.705.